The number of allylic oxidation sites excluding steroid dienone is 2. The third kappa shape index (κ3) is 3.73. The van der Waals surface area contributed by atoms with Gasteiger partial charge in [-0.05, 0) is 36.4 Å². The second-order valence-electron chi connectivity index (χ2n) is 7.02. The molecule has 0 spiro atoms. The van der Waals surface area contributed by atoms with Gasteiger partial charge in [-0.15, -0.1) is 0 Å². The Bertz CT molecular complexity index is 1260. The number of anilines is 2. The molecule has 4 aromatic rings. The van der Waals surface area contributed by atoms with E-state index in [4.69, 9.17) is 20.9 Å². The van der Waals surface area contributed by atoms with E-state index in [-0.39, 0.29) is 0 Å². The van der Waals surface area contributed by atoms with Crippen LogP contribution in [0.3, 0.4) is 0 Å². The van der Waals surface area contributed by atoms with E-state index in [1.807, 2.05) is 21.3 Å². The van der Waals surface area contributed by atoms with Crippen LogP contribution in [0.2, 0.25) is 0 Å². The molecule has 0 saturated heterocycles. The van der Waals surface area contributed by atoms with Crippen LogP contribution >= 0.6 is 0 Å². The molecule has 0 unspecified atom stereocenters. The third-order valence-electron chi connectivity index (χ3n) is 5.14. The number of benzene rings is 2. The van der Waals surface area contributed by atoms with Crippen molar-refractivity contribution < 1.29 is 19.1 Å². The zero-order valence-corrected chi connectivity index (χ0v) is 17.6. The van der Waals surface area contributed by atoms with Gasteiger partial charge in [-0.25, -0.2) is 19.6 Å². The lowest BCUT2D eigenvalue weighted by molar-refractivity contribution is 0.0592. The van der Waals surface area contributed by atoms with E-state index in [2.05, 4.69) is 9.97 Å². The van der Waals surface area contributed by atoms with E-state index in [0.717, 1.165) is 11.0 Å². The monoisotopic (exact) mass is 434 g/mol. The molecule has 32 heavy (non-hydrogen) atoms. The van der Waals surface area contributed by atoms with Gasteiger partial charge in [0.25, 0.3) is 0 Å². The molecule has 0 bridgehead atoms. The third-order valence-corrected chi connectivity index (χ3v) is 5.14. The van der Waals surface area contributed by atoms with Gasteiger partial charge in [-0.2, -0.15) is 0 Å². The van der Waals surface area contributed by atoms with Crippen molar-refractivity contribution in [1.29, 1.82) is 0 Å². The van der Waals surface area contributed by atoms with E-state index >= 15 is 0 Å². The summed E-state index contributed by atoms with van der Waals surface area (Å²) in [5, 5.41) is 0. The van der Waals surface area contributed by atoms with Crippen molar-refractivity contribution in [2.45, 2.75) is 13.1 Å². The Balaban J connectivity index is 1.53. The molecule has 0 amide bonds. The fourth-order valence-electron chi connectivity index (χ4n) is 3.53. The van der Waals surface area contributed by atoms with Gasteiger partial charge in [-0.3, -0.25) is 0 Å². The molecule has 10 heteroatoms. The number of esters is 2. The van der Waals surface area contributed by atoms with Crippen LogP contribution in [-0.2, 0) is 22.6 Å². The van der Waals surface area contributed by atoms with Gasteiger partial charge < -0.3 is 30.1 Å². The molecular formula is C22H22N6O4. The molecule has 10 nitrogen and oxygen atoms in total. The second kappa shape index (κ2) is 8.42. The number of nitrogens with zero attached hydrogens (tertiary/aromatic N) is 4. The van der Waals surface area contributed by atoms with Gasteiger partial charge in [0.05, 0.1) is 47.4 Å². The van der Waals surface area contributed by atoms with Crippen molar-refractivity contribution in [1.82, 2.24) is 19.1 Å². The molecule has 0 aliphatic heterocycles. The predicted octanol–water partition coefficient (Wildman–Crippen LogP) is 2.38. The summed E-state index contributed by atoms with van der Waals surface area (Å²) in [6.45, 7) is 0.970. The van der Waals surface area contributed by atoms with Crippen LogP contribution in [0.4, 0.5) is 11.9 Å². The van der Waals surface area contributed by atoms with Crippen molar-refractivity contribution in [3.8, 4) is 0 Å². The highest BCUT2D eigenvalue weighted by Crippen LogP contribution is 2.21. The molecule has 0 fully saturated rings. The Morgan fingerprint density at radius 2 is 1.22 bits per heavy atom. The van der Waals surface area contributed by atoms with Crippen LogP contribution in [0.25, 0.3) is 22.1 Å². The molecule has 0 aliphatic rings. The highest BCUT2D eigenvalue weighted by molar-refractivity contribution is 5.95. The number of methoxy groups -OCH3 is 2. The Labute approximate surface area is 183 Å². The second-order valence-corrected chi connectivity index (χ2v) is 7.02. The van der Waals surface area contributed by atoms with Gasteiger partial charge in [0.15, 0.2) is 0 Å². The first-order valence-corrected chi connectivity index (χ1v) is 9.76. The van der Waals surface area contributed by atoms with Crippen LogP contribution in [0.5, 0.6) is 0 Å². The van der Waals surface area contributed by atoms with Crippen LogP contribution in [0.15, 0.2) is 48.6 Å². The Morgan fingerprint density at radius 1 is 0.812 bits per heavy atom. The Hall–Kier alpha value is -4.34. The molecule has 2 heterocycles. The summed E-state index contributed by atoms with van der Waals surface area (Å²) in [5.74, 6) is -0.170. The first-order chi connectivity index (χ1) is 15.4. The van der Waals surface area contributed by atoms with E-state index < -0.39 is 11.9 Å². The summed E-state index contributed by atoms with van der Waals surface area (Å²) in [7, 11) is 2.66. The maximum Gasteiger partial charge on any atom is 0.337 e. The molecule has 0 radical (unpaired) electrons. The topological polar surface area (TPSA) is 140 Å². The van der Waals surface area contributed by atoms with Gasteiger partial charge in [-0.1, -0.05) is 12.2 Å². The molecule has 164 valence electrons. The summed E-state index contributed by atoms with van der Waals surface area (Å²) >= 11 is 0. The summed E-state index contributed by atoms with van der Waals surface area (Å²) in [6, 6.07) is 10.2. The number of hydrogen-bond acceptors (Lipinski definition) is 8. The van der Waals surface area contributed by atoms with Crippen molar-refractivity contribution in [3.05, 3.63) is 59.7 Å². The van der Waals surface area contributed by atoms with E-state index in [0.29, 0.717) is 47.1 Å². The van der Waals surface area contributed by atoms with E-state index in [9.17, 15) is 9.59 Å². The average Bonchev–Trinajstić information content (AvgIpc) is 3.29. The number of nitrogen functional groups attached to an aromatic ring is 2. The fraction of sp³-hybridized carbons (Fsp3) is 0.182. The summed E-state index contributed by atoms with van der Waals surface area (Å²) in [5.41, 5.74) is 15.8. The first kappa shape index (κ1) is 20.9. The summed E-state index contributed by atoms with van der Waals surface area (Å²) in [6.07, 6.45) is 3.89. The quantitative estimate of drug-likeness (QED) is 0.348. The lowest BCUT2D eigenvalue weighted by Gasteiger charge is -2.05. The standard InChI is InChI=1S/C22H22N6O4/c1-31-19(29)13-5-7-17-15(11-13)25-21(23)27(17)9-3-4-10-28-18-8-6-14(20(30)32-2)12-16(18)26-22(28)24/h3-8,11-12H,9-10H2,1-2H3,(H2,23,25)(H2,24,26)/b4-3+. The molecular weight excluding hydrogens is 412 g/mol. The number of fused-ring (bicyclic) bond motifs is 2. The average molecular weight is 434 g/mol. The van der Waals surface area contributed by atoms with Crippen molar-refractivity contribution in [3.63, 3.8) is 0 Å². The highest BCUT2D eigenvalue weighted by atomic mass is 16.5. The maximum atomic E-state index is 11.7. The largest absolute Gasteiger partial charge is 0.465 e. The number of nitrogens with two attached hydrogens (primary N) is 2. The lowest BCUT2D eigenvalue weighted by Crippen LogP contribution is -2.04. The van der Waals surface area contributed by atoms with E-state index in [1.54, 1.807) is 36.4 Å². The maximum absolute atomic E-state index is 11.7. The van der Waals surface area contributed by atoms with Crippen LogP contribution in [0, 0.1) is 0 Å². The Kier molecular flexibility index (Phi) is 5.50. The van der Waals surface area contributed by atoms with Gasteiger partial charge >= 0.3 is 11.9 Å². The normalized spacial score (nSPS) is 11.4. The smallest absolute Gasteiger partial charge is 0.337 e. The van der Waals surface area contributed by atoms with Gasteiger partial charge in [0.1, 0.15) is 0 Å². The Morgan fingerprint density at radius 3 is 1.59 bits per heavy atom. The summed E-state index contributed by atoms with van der Waals surface area (Å²) < 4.78 is 13.2. The lowest BCUT2D eigenvalue weighted by atomic mass is 10.2. The van der Waals surface area contributed by atoms with Crippen molar-refractivity contribution in [2.24, 2.45) is 0 Å². The molecule has 4 rings (SSSR count). The zero-order valence-electron chi connectivity index (χ0n) is 17.6. The molecule has 0 aliphatic carbocycles. The van der Waals surface area contributed by atoms with Crippen LogP contribution in [-0.4, -0.2) is 45.3 Å². The molecule has 4 N–H and O–H groups in total. The minimum Gasteiger partial charge on any atom is -0.465 e. The number of carbonyl (C=O) groups is 2. The number of hydrogen-bond donors (Lipinski definition) is 2. The number of ether oxygens (including phenoxy) is 2. The molecule has 0 atom stereocenters. The number of rotatable bonds is 6. The highest BCUT2D eigenvalue weighted by Gasteiger charge is 2.13. The minimum absolute atomic E-state index is 0.342. The van der Waals surface area contributed by atoms with Crippen LogP contribution in [0.1, 0.15) is 20.7 Å². The number of imidazole rings is 2. The predicted molar refractivity (Wildman–Crippen MR) is 120 cm³/mol. The van der Waals surface area contributed by atoms with E-state index in [1.165, 1.54) is 14.2 Å². The minimum atomic E-state index is -0.427. The molecule has 2 aromatic heterocycles. The van der Waals surface area contributed by atoms with Gasteiger partial charge in [0.2, 0.25) is 11.9 Å². The van der Waals surface area contributed by atoms with Crippen LogP contribution < -0.4 is 11.5 Å². The van der Waals surface area contributed by atoms with Gasteiger partial charge in [0, 0.05) is 13.1 Å². The zero-order chi connectivity index (χ0) is 22.8. The molecule has 0 saturated carbocycles. The first-order valence-electron chi connectivity index (χ1n) is 9.76. The summed E-state index contributed by atoms with van der Waals surface area (Å²) in [4.78, 5) is 32.1. The number of carbonyl (C=O) groups excluding carboxylic acids is 2. The molecule has 2 aromatic carbocycles. The van der Waals surface area contributed by atoms with Crippen molar-refractivity contribution in [2.75, 3.05) is 25.7 Å². The number of aromatic nitrogens is 4. The SMILES string of the molecule is COC(=O)c1ccc2c(c1)nc(N)n2C/C=C/Cn1c(N)nc2cc(C(=O)OC)ccc21. The van der Waals surface area contributed by atoms with Crippen molar-refractivity contribution >= 4 is 45.9 Å². The fourth-order valence-corrected chi connectivity index (χ4v) is 3.53.